The van der Waals surface area contributed by atoms with E-state index in [1.807, 2.05) is 0 Å². The van der Waals surface area contributed by atoms with Gasteiger partial charge in [0.25, 0.3) is 0 Å². The lowest BCUT2D eigenvalue weighted by molar-refractivity contribution is 0.392. The average Bonchev–Trinajstić information content (AvgIpc) is 2.69. The van der Waals surface area contributed by atoms with E-state index < -0.39 is 0 Å². The van der Waals surface area contributed by atoms with Crippen LogP contribution in [0.1, 0.15) is 25.0 Å². The molecule has 2 aromatic rings. The fourth-order valence-electron chi connectivity index (χ4n) is 3.65. The van der Waals surface area contributed by atoms with Gasteiger partial charge in [-0.3, -0.25) is 0 Å². The topological polar surface area (TPSA) is 9.72 Å². The van der Waals surface area contributed by atoms with E-state index in [1.54, 1.807) is 0 Å². The molecule has 2 aromatic carbocycles. The third-order valence-corrected chi connectivity index (χ3v) is 5.76. The zero-order valence-corrected chi connectivity index (χ0v) is 16.9. The summed E-state index contributed by atoms with van der Waals surface area (Å²) in [5, 5.41) is 0. The van der Waals surface area contributed by atoms with Crippen LogP contribution >= 0.6 is 12.2 Å². The average molecular weight is 368 g/mol. The Bertz CT molecular complexity index is 729. The molecule has 0 unspecified atom stereocenters. The van der Waals surface area contributed by atoms with Crippen molar-refractivity contribution in [3.05, 3.63) is 59.7 Å². The van der Waals surface area contributed by atoms with Gasteiger partial charge in [0.2, 0.25) is 0 Å². The summed E-state index contributed by atoms with van der Waals surface area (Å²) in [6, 6.07) is 17.4. The Morgan fingerprint density at radius 1 is 0.923 bits per heavy atom. The standard InChI is InChI=1S/C22H29N3S/c1-4-23(5-2)20-12-10-19(11-13-20)22(26)25-16-14-24(15-17-25)21-9-7-6-8-18(21)3/h6-13H,4-5,14-17H2,1-3H3. The highest BCUT2D eigenvalue weighted by atomic mass is 32.1. The number of nitrogens with zero attached hydrogens (tertiary/aromatic N) is 3. The number of thiocarbonyl (C=S) groups is 1. The van der Waals surface area contributed by atoms with E-state index in [1.165, 1.54) is 16.9 Å². The molecule has 3 nitrogen and oxygen atoms in total. The molecule has 1 aliphatic heterocycles. The third kappa shape index (κ3) is 4.01. The highest BCUT2D eigenvalue weighted by Crippen LogP contribution is 2.22. The van der Waals surface area contributed by atoms with Crippen LogP contribution in [0, 0.1) is 6.92 Å². The molecule has 3 rings (SSSR count). The molecule has 1 aliphatic rings. The Hall–Kier alpha value is -2.07. The van der Waals surface area contributed by atoms with Gasteiger partial charge in [-0.2, -0.15) is 0 Å². The van der Waals surface area contributed by atoms with Gasteiger partial charge in [0, 0.05) is 56.2 Å². The number of piperazine rings is 1. The van der Waals surface area contributed by atoms with Gasteiger partial charge in [0.05, 0.1) is 0 Å². The molecule has 1 fully saturated rings. The molecular formula is C22H29N3S. The Morgan fingerprint density at radius 3 is 2.12 bits per heavy atom. The van der Waals surface area contributed by atoms with E-state index in [2.05, 4.69) is 84.0 Å². The number of hydrogen-bond donors (Lipinski definition) is 0. The summed E-state index contributed by atoms with van der Waals surface area (Å²) in [4.78, 5) is 8.14. The van der Waals surface area contributed by atoms with Crippen LogP contribution in [0.25, 0.3) is 0 Å². The molecule has 0 aliphatic carbocycles. The number of benzene rings is 2. The molecule has 0 radical (unpaired) electrons. The molecule has 4 heteroatoms. The summed E-state index contributed by atoms with van der Waals surface area (Å²) in [7, 11) is 0. The van der Waals surface area contributed by atoms with Crippen molar-refractivity contribution in [1.82, 2.24) is 4.90 Å². The normalized spacial score (nSPS) is 14.4. The molecule has 0 bridgehead atoms. The Balaban J connectivity index is 1.62. The van der Waals surface area contributed by atoms with Crippen molar-refractivity contribution in [2.45, 2.75) is 20.8 Å². The fourth-order valence-corrected chi connectivity index (χ4v) is 3.97. The van der Waals surface area contributed by atoms with Crippen molar-refractivity contribution in [3.8, 4) is 0 Å². The minimum Gasteiger partial charge on any atom is -0.372 e. The van der Waals surface area contributed by atoms with Gasteiger partial charge in [-0.15, -0.1) is 0 Å². The number of para-hydroxylation sites is 1. The van der Waals surface area contributed by atoms with Crippen molar-refractivity contribution < 1.29 is 0 Å². The van der Waals surface area contributed by atoms with Gasteiger partial charge in [-0.25, -0.2) is 0 Å². The first-order chi connectivity index (χ1) is 12.6. The first kappa shape index (κ1) is 18.7. The second-order valence-corrected chi connectivity index (χ2v) is 7.17. The van der Waals surface area contributed by atoms with Crippen molar-refractivity contribution in [3.63, 3.8) is 0 Å². The molecule has 0 atom stereocenters. The highest BCUT2D eigenvalue weighted by molar-refractivity contribution is 7.80. The maximum Gasteiger partial charge on any atom is 0.109 e. The van der Waals surface area contributed by atoms with Crippen molar-refractivity contribution >= 4 is 28.6 Å². The largest absolute Gasteiger partial charge is 0.372 e. The molecule has 0 aromatic heterocycles. The zero-order chi connectivity index (χ0) is 18.5. The van der Waals surface area contributed by atoms with Crippen LogP contribution in [0.5, 0.6) is 0 Å². The minimum atomic E-state index is 0.973. The Labute approximate surface area is 163 Å². The van der Waals surface area contributed by atoms with E-state index in [-0.39, 0.29) is 0 Å². The second kappa shape index (κ2) is 8.54. The molecule has 26 heavy (non-hydrogen) atoms. The highest BCUT2D eigenvalue weighted by Gasteiger charge is 2.20. The van der Waals surface area contributed by atoms with Gasteiger partial charge < -0.3 is 14.7 Å². The first-order valence-electron chi connectivity index (χ1n) is 9.59. The third-order valence-electron chi connectivity index (χ3n) is 5.27. The van der Waals surface area contributed by atoms with Crippen LogP contribution in [0.2, 0.25) is 0 Å². The van der Waals surface area contributed by atoms with Crippen LogP contribution in [-0.2, 0) is 0 Å². The lowest BCUT2D eigenvalue weighted by Crippen LogP contribution is -2.48. The lowest BCUT2D eigenvalue weighted by Gasteiger charge is -2.38. The molecule has 0 saturated carbocycles. The van der Waals surface area contributed by atoms with Gasteiger partial charge in [-0.05, 0) is 56.7 Å². The van der Waals surface area contributed by atoms with E-state index in [0.717, 1.165) is 49.8 Å². The predicted molar refractivity (Wildman–Crippen MR) is 117 cm³/mol. The smallest absolute Gasteiger partial charge is 0.109 e. The maximum atomic E-state index is 5.78. The summed E-state index contributed by atoms with van der Waals surface area (Å²) in [5.74, 6) is 0. The zero-order valence-electron chi connectivity index (χ0n) is 16.1. The van der Waals surface area contributed by atoms with Crippen molar-refractivity contribution in [2.24, 2.45) is 0 Å². The first-order valence-corrected chi connectivity index (χ1v) is 9.99. The maximum absolute atomic E-state index is 5.78. The molecule has 1 heterocycles. The number of anilines is 2. The van der Waals surface area contributed by atoms with E-state index in [9.17, 15) is 0 Å². The Kier molecular flexibility index (Phi) is 6.15. The fraction of sp³-hybridized carbons (Fsp3) is 0.409. The number of aryl methyl sites for hydroxylation is 1. The molecule has 0 amide bonds. The Morgan fingerprint density at radius 2 is 1.54 bits per heavy atom. The van der Waals surface area contributed by atoms with Crippen LogP contribution < -0.4 is 9.80 Å². The quantitative estimate of drug-likeness (QED) is 0.727. The summed E-state index contributed by atoms with van der Waals surface area (Å²) in [6.45, 7) is 12.6. The summed E-state index contributed by atoms with van der Waals surface area (Å²) < 4.78 is 0. The predicted octanol–water partition coefficient (Wildman–Crippen LogP) is 4.34. The van der Waals surface area contributed by atoms with E-state index >= 15 is 0 Å². The molecular weight excluding hydrogens is 338 g/mol. The molecule has 0 spiro atoms. The van der Waals surface area contributed by atoms with Crippen molar-refractivity contribution in [1.29, 1.82) is 0 Å². The summed E-state index contributed by atoms with van der Waals surface area (Å²) >= 11 is 5.78. The van der Waals surface area contributed by atoms with Gasteiger partial charge in [0.15, 0.2) is 0 Å². The van der Waals surface area contributed by atoms with Crippen LogP contribution in [-0.4, -0.2) is 49.2 Å². The van der Waals surface area contributed by atoms with Crippen molar-refractivity contribution in [2.75, 3.05) is 49.1 Å². The molecule has 1 saturated heterocycles. The van der Waals surface area contributed by atoms with Gasteiger partial charge in [0.1, 0.15) is 4.99 Å². The van der Waals surface area contributed by atoms with Crippen LogP contribution in [0.4, 0.5) is 11.4 Å². The summed E-state index contributed by atoms with van der Waals surface area (Å²) in [5.41, 5.74) is 5.11. The van der Waals surface area contributed by atoms with Crippen LogP contribution in [0.3, 0.4) is 0 Å². The van der Waals surface area contributed by atoms with E-state index in [4.69, 9.17) is 12.2 Å². The molecule has 0 N–H and O–H groups in total. The molecule has 138 valence electrons. The monoisotopic (exact) mass is 367 g/mol. The second-order valence-electron chi connectivity index (χ2n) is 6.78. The number of hydrogen-bond acceptors (Lipinski definition) is 3. The lowest BCUT2D eigenvalue weighted by atomic mass is 10.1. The minimum absolute atomic E-state index is 0.973. The summed E-state index contributed by atoms with van der Waals surface area (Å²) in [6.07, 6.45) is 0. The number of rotatable bonds is 5. The van der Waals surface area contributed by atoms with Gasteiger partial charge in [-0.1, -0.05) is 30.4 Å². The SMILES string of the molecule is CCN(CC)c1ccc(C(=S)N2CCN(c3ccccc3C)CC2)cc1. The van der Waals surface area contributed by atoms with E-state index in [0.29, 0.717) is 0 Å². The van der Waals surface area contributed by atoms with Crippen LogP contribution in [0.15, 0.2) is 48.5 Å². The van der Waals surface area contributed by atoms with Gasteiger partial charge >= 0.3 is 0 Å².